The van der Waals surface area contributed by atoms with Crippen LogP contribution in [0.2, 0.25) is 0 Å². The number of fused-ring (bicyclic) bond motifs is 1. The number of aliphatic carboxylic acids is 1. The Morgan fingerprint density at radius 1 is 1.14 bits per heavy atom. The number of para-hydroxylation sites is 3. The number of carbonyl (C=O) groups excluding carboxylic acids is 1. The molecular weight excluding hydrogens is 370 g/mol. The molecule has 7 nitrogen and oxygen atoms in total. The van der Waals surface area contributed by atoms with Gasteiger partial charge in [0.1, 0.15) is 5.82 Å². The monoisotopic (exact) mass is 395 g/mol. The number of aromatic nitrogens is 2. The molecule has 0 aliphatic carbocycles. The van der Waals surface area contributed by atoms with Crippen LogP contribution in [0.25, 0.3) is 16.7 Å². The number of amides is 1. The topological polar surface area (TPSA) is 93.4 Å². The highest BCUT2D eigenvalue weighted by molar-refractivity contribution is 5.80. The maximum Gasteiger partial charge on any atom is 0.305 e. The molecule has 1 aromatic heterocycles. The minimum absolute atomic E-state index is 0.119. The second-order valence-electron chi connectivity index (χ2n) is 7.30. The van der Waals surface area contributed by atoms with Crippen LogP contribution in [0.5, 0.6) is 0 Å². The van der Waals surface area contributed by atoms with Crippen molar-refractivity contribution in [3.8, 4) is 5.69 Å². The summed E-state index contributed by atoms with van der Waals surface area (Å²) in [7, 11) is 1.48. The van der Waals surface area contributed by atoms with Crippen LogP contribution in [0.15, 0.2) is 54.6 Å². The average molecular weight is 395 g/mol. The van der Waals surface area contributed by atoms with E-state index in [9.17, 15) is 9.59 Å². The number of hydrogen-bond donors (Lipinski definition) is 2. The summed E-state index contributed by atoms with van der Waals surface area (Å²) in [6, 6.07) is 17.7. The molecule has 0 fully saturated rings. The van der Waals surface area contributed by atoms with Crippen molar-refractivity contribution in [3.05, 3.63) is 60.4 Å². The molecule has 29 heavy (non-hydrogen) atoms. The molecule has 3 aromatic rings. The van der Waals surface area contributed by atoms with Crippen molar-refractivity contribution >= 4 is 22.9 Å². The predicted molar refractivity (Wildman–Crippen MR) is 110 cm³/mol. The third-order valence-electron chi connectivity index (χ3n) is 4.67. The number of carboxylic acid groups (broad SMARTS) is 1. The van der Waals surface area contributed by atoms with Gasteiger partial charge in [-0.1, -0.05) is 30.3 Å². The smallest absolute Gasteiger partial charge is 0.305 e. The Labute approximate surface area is 169 Å². The summed E-state index contributed by atoms with van der Waals surface area (Å²) in [6.07, 6.45) is 0.399. The molecule has 0 radical (unpaired) electrons. The summed E-state index contributed by atoms with van der Waals surface area (Å²) in [5, 5.41) is 11.9. The van der Waals surface area contributed by atoms with Crippen LogP contribution in [0.4, 0.5) is 0 Å². The van der Waals surface area contributed by atoms with Crippen molar-refractivity contribution < 1.29 is 19.4 Å². The van der Waals surface area contributed by atoms with Gasteiger partial charge in [-0.25, -0.2) is 4.98 Å². The van der Waals surface area contributed by atoms with Gasteiger partial charge in [0.15, 0.2) is 0 Å². The molecule has 152 valence electrons. The molecule has 1 heterocycles. The number of carbonyl (C=O) groups is 2. The largest absolute Gasteiger partial charge is 0.481 e. The molecule has 1 unspecified atom stereocenters. The Kier molecular flexibility index (Phi) is 6.29. The fourth-order valence-corrected chi connectivity index (χ4v) is 3.52. The second-order valence-corrected chi connectivity index (χ2v) is 7.30. The maximum atomic E-state index is 12.6. The van der Waals surface area contributed by atoms with E-state index in [4.69, 9.17) is 14.8 Å². The van der Waals surface area contributed by atoms with Gasteiger partial charge in [0, 0.05) is 25.6 Å². The van der Waals surface area contributed by atoms with Gasteiger partial charge in [0.05, 0.1) is 29.6 Å². The van der Waals surface area contributed by atoms with E-state index < -0.39 is 11.5 Å². The van der Waals surface area contributed by atoms with Crippen molar-refractivity contribution in [1.82, 2.24) is 14.9 Å². The van der Waals surface area contributed by atoms with Gasteiger partial charge in [-0.05, 0) is 31.2 Å². The average Bonchev–Trinajstić information content (AvgIpc) is 3.04. The first-order chi connectivity index (χ1) is 13.9. The standard InChI is InChI=1S/C22H25N3O4/c1-22(15-29-2,14-21(27)28)24-20(26)13-12-19-23-17-10-6-7-11-18(17)25(19)16-8-4-3-5-9-16/h3-11H,12-15H2,1-2H3,(H,24,26)(H,27,28). The lowest BCUT2D eigenvalue weighted by Crippen LogP contribution is -2.50. The molecule has 1 amide bonds. The quantitative estimate of drug-likeness (QED) is 0.581. The number of aryl methyl sites for hydroxylation is 1. The third-order valence-corrected chi connectivity index (χ3v) is 4.67. The van der Waals surface area contributed by atoms with Gasteiger partial charge in [-0.2, -0.15) is 0 Å². The Morgan fingerprint density at radius 3 is 2.52 bits per heavy atom. The van der Waals surface area contributed by atoms with Gasteiger partial charge in [0.2, 0.25) is 5.91 Å². The molecule has 3 rings (SSSR count). The van der Waals surface area contributed by atoms with Crippen molar-refractivity contribution in [2.75, 3.05) is 13.7 Å². The normalized spacial score (nSPS) is 13.2. The Bertz CT molecular complexity index is 1000. The molecule has 0 saturated heterocycles. The van der Waals surface area contributed by atoms with Crippen molar-refractivity contribution in [2.45, 2.75) is 31.7 Å². The summed E-state index contributed by atoms with van der Waals surface area (Å²) in [4.78, 5) is 28.4. The maximum absolute atomic E-state index is 12.6. The van der Waals surface area contributed by atoms with Gasteiger partial charge in [0.25, 0.3) is 0 Å². The number of hydrogen-bond acceptors (Lipinski definition) is 4. The van der Waals surface area contributed by atoms with Crippen LogP contribution in [-0.4, -0.2) is 45.8 Å². The summed E-state index contributed by atoms with van der Waals surface area (Å²) < 4.78 is 7.14. The lowest BCUT2D eigenvalue weighted by Gasteiger charge is -2.28. The fraction of sp³-hybridized carbons (Fsp3) is 0.318. The minimum Gasteiger partial charge on any atom is -0.481 e. The summed E-state index contributed by atoms with van der Waals surface area (Å²) in [5.74, 6) is -0.451. The first-order valence-electron chi connectivity index (χ1n) is 9.45. The molecule has 1 atom stereocenters. The molecular formula is C22H25N3O4. The lowest BCUT2D eigenvalue weighted by atomic mass is 9.98. The van der Waals surface area contributed by atoms with Crippen LogP contribution < -0.4 is 5.32 Å². The number of rotatable bonds is 9. The van der Waals surface area contributed by atoms with Gasteiger partial charge >= 0.3 is 5.97 Å². The highest BCUT2D eigenvalue weighted by Crippen LogP contribution is 2.22. The third kappa shape index (κ3) is 5.00. The van der Waals surface area contributed by atoms with Crippen molar-refractivity contribution in [3.63, 3.8) is 0 Å². The molecule has 0 aliphatic heterocycles. The summed E-state index contributed by atoms with van der Waals surface area (Å²) >= 11 is 0. The number of imidazole rings is 1. The van der Waals surface area contributed by atoms with Gasteiger partial charge in [-0.15, -0.1) is 0 Å². The fourth-order valence-electron chi connectivity index (χ4n) is 3.52. The Balaban J connectivity index is 1.80. The molecule has 2 aromatic carbocycles. The van der Waals surface area contributed by atoms with E-state index in [1.54, 1.807) is 6.92 Å². The highest BCUT2D eigenvalue weighted by atomic mass is 16.5. The minimum atomic E-state index is -0.990. The van der Waals surface area contributed by atoms with E-state index in [0.29, 0.717) is 6.42 Å². The first kappa shape index (κ1) is 20.5. The number of benzene rings is 2. The van der Waals surface area contributed by atoms with Crippen LogP contribution in [-0.2, 0) is 20.7 Å². The first-order valence-corrected chi connectivity index (χ1v) is 9.45. The number of carboxylic acids is 1. The molecule has 2 N–H and O–H groups in total. The zero-order chi connectivity index (χ0) is 20.9. The summed E-state index contributed by atoms with van der Waals surface area (Å²) in [6.45, 7) is 1.79. The Hall–Kier alpha value is -3.19. The van der Waals surface area contributed by atoms with Crippen LogP contribution >= 0.6 is 0 Å². The molecule has 0 spiro atoms. The van der Waals surface area contributed by atoms with Crippen LogP contribution in [0.3, 0.4) is 0 Å². The van der Waals surface area contributed by atoms with Crippen molar-refractivity contribution in [1.29, 1.82) is 0 Å². The highest BCUT2D eigenvalue weighted by Gasteiger charge is 2.29. The van der Waals surface area contributed by atoms with Gasteiger partial charge < -0.3 is 15.2 Å². The van der Waals surface area contributed by atoms with E-state index in [1.165, 1.54) is 7.11 Å². The van der Waals surface area contributed by atoms with Crippen LogP contribution in [0, 0.1) is 0 Å². The van der Waals surface area contributed by atoms with E-state index in [0.717, 1.165) is 22.5 Å². The molecule has 7 heteroatoms. The molecule has 0 bridgehead atoms. The number of methoxy groups -OCH3 is 1. The second kappa shape index (κ2) is 8.87. The number of nitrogens with one attached hydrogen (secondary N) is 1. The van der Waals surface area contributed by atoms with E-state index in [1.807, 2.05) is 59.2 Å². The SMILES string of the molecule is COCC(C)(CC(=O)O)NC(=O)CCc1nc2ccccc2n1-c1ccccc1. The predicted octanol–water partition coefficient (Wildman–Crippen LogP) is 2.95. The Morgan fingerprint density at radius 2 is 1.83 bits per heavy atom. The zero-order valence-corrected chi connectivity index (χ0v) is 16.6. The molecule has 0 aliphatic rings. The molecule has 0 saturated carbocycles. The number of ether oxygens (including phenoxy) is 1. The van der Waals surface area contributed by atoms with Crippen molar-refractivity contribution in [2.24, 2.45) is 0 Å². The number of nitrogens with zero attached hydrogens (tertiary/aromatic N) is 2. The lowest BCUT2D eigenvalue weighted by molar-refractivity contribution is -0.139. The van der Waals surface area contributed by atoms with Gasteiger partial charge in [-0.3, -0.25) is 14.2 Å². The van der Waals surface area contributed by atoms with Crippen LogP contribution in [0.1, 0.15) is 25.6 Å². The zero-order valence-electron chi connectivity index (χ0n) is 16.6. The summed E-state index contributed by atoms with van der Waals surface area (Å²) in [5.41, 5.74) is 1.86. The van der Waals surface area contributed by atoms with E-state index in [2.05, 4.69) is 5.32 Å². The van der Waals surface area contributed by atoms with E-state index in [-0.39, 0.29) is 25.4 Å². The van der Waals surface area contributed by atoms with E-state index >= 15 is 0 Å².